The molecule has 2 rings (SSSR count). The predicted octanol–water partition coefficient (Wildman–Crippen LogP) is 2.65. The second-order valence-electron chi connectivity index (χ2n) is 5.18. The molecule has 1 N–H and O–H groups in total. The monoisotopic (exact) mass is 209 g/mol. The van der Waals surface area contributed by atoms with E-state index >= 15 is 0 Å². The molecule has 0 radical (unpaired) electrons. The molecule has 86 valence electrons. The minimum absolute atomic E-state index is 0.385. The van der Waals surface area contributed by atoms with Gasteiger partial charge in [-0.25, -0.2) is 0 Å². The van der Waals surface area contributed by atoms with Gasteiger partial charge in [0.2, 0.25) is 0 Å². The van der Waals surface area contributed by atoms with Gasteiger partial charge in [-0.1, -0.05) is 25.3 Å². The second-order valence-corrected chi connectivity index (χ2v) is 5.18. The summed E-state index contributed by atoms with van der Waals surface area (Å²) in [5.41, 5.74) is 1.82. The first kappa shape index (κ1) is 11.2. The molecule has 1 aliphatic heterocycles. The molecular weight excluding hydrogens is 186 g/mol. The van der Waals surface area contributed by atoms with Crippen molar-refractivity contribution >= 4 is 0 Å². The normalized spacial score (nSPS) is 26.1. The molecule has 1 heterocycles. The molecule has 2 heteroatoms. The van der Waals surface area contributed by atoms with Gasteiger partial charge in [-0.2, -0.15) is 0 Å². The summed E-state index contributed by atoms with van der Waals surface area (Å²) in [5, 5.41) is 3.72. The van der Waals surface area contributed by atoms with Crippen molar-refractivity contribution < 1.29 is 4.74 Å². The minimum atomic E-state index is 0.385. The number of hydrogen-bond donors (Lipinski definition) is 1. The Morgan fingerprint density at radius 1 is 1.33 bits per heavy atom. The zero-order chi connectivity index (χ0) is 10.6. The van der Waals surface area contributed by atoms with Crippen LogP contribution in [0.2, 0.25) is 0 Å². The highest BCUT2D eigenvalue weighted by atomic mass is 16.5. The maximum absolute atomic E-state index is 5.45. The first-order valence-corrected chi connectivity index (χ1v) is 6.29. The summed E-state index contributed by atoms with van der Waals surface area (Å²) < 4.78 is 5.45. The largest absolute Gasteiger partial charge is 0.377 e. The van der Waals surface area contributed by atoms with Crippen molar-refractivity contribution in [2.24, 2.45) is 0 Å². The van der Waals surface area contributed by atoms with E-state index in [-0.39, 0.29) is 0 Å². The van der Waals surface area contributed by atoms with Crippen LogP contribution < -0.4 is 5.32 Å². The fraction of sp³-hybridized carbons (Fsp3) is 0.846. The molecule has 2 aliphatic rings. The summed E-state index contributed by atoms with van der Waals surface area (Å²) in [6, 6.07) is 0. The van der Waals surface area contributed by atoms with Crippen LogP contribution in [-0.2, 0) is 4.74 Å². The van der Waals surface area contributed by atoms with E-state index in [0.29, 0.717) is 5.54 Å². The number of nitrogens with one attached hydrogen (secondary N) is 1. The van der Waals surface area contributed by atoms with Crippen LogP contribution in [0, 0.1) is 0 Å². The molecule has 0 unspecified atom stereocenters. The first-order chi connectivity index (χ1) is 7.29. The minimum Gasteiger partial charge on any atom is -0.377 e. The molecule has 0 atom stereocenters. The van der Waals surface area contributed by atoms with Gasteiger partial charge in [0.1, 0.15) is 0 Å². The average molecular weight is 209 g/mol. The lowest BCUT2D eigenvalue weighted by molar-refractivity contribution is 0.146. The fourth-order valence-corrected chi connectivity index (χ4v) is 2.57. The van der Waals surface area contributed by atoms with Crippen LogP contribution >= 0.6 is 0 Å². The smallest absolute Gasteiger partial charge is 0.0689 e. The van der Waals surface area contributed by atoms with Crippen LogP contribution in [0.5, 0.6) is 0 Å². The Labute approximate surface area is 93.1 Å². The Morgan fingerprint density at radius 3 is 2.80 bits per heavy atom. The van der Waals surface area contributed by atoms with Crippen LogP contribution in [0.25, 0.3) is 0 Å². The lowest BCUT2D eigenvalue weighted by Gasteiger charge is -2.35. The van der Waals surface area contributed by atoms with E-state index in [1.165, 1.54) is 37.7 Å². The third kappa shape index (κ3) is 3.32. The molecule has 0 aromatic rings. The summed E-state index contributed by atoms with van der Waals surface area (Å²) in [6.07, 6.45) is 10.3. The van der Waals surface area contributed by atoms with Gasteiger partial charge in [-0.15, -0.1) is 0 Å². The van der Waals surface area contributed by atoms with E-state index in [9.17, 15) is 0 Å². The Kier molecular flexibility index (Phi) is 3.81. The third-order valence-corrected chi connectivity index (χ3v) is 3.68. The van der Waals surface area contributed by atoms with E-state index < -0.39 is 0 Å². The van der Waals surface area contributed by atoms with E-state index in [1.54, 1.807) is 0 Å². The molecule has 0 aromatic heterocycles. The third-order valence-electron chi connectivity index (χ3n) is 3.68. The van der Waals surface area contributed by atoms with Crippen LogP contribution in [0.3, 0.4) is 0 Å². The molecule has 1 saturated carbocycles. The summed E-state index contributed by atoms with van der Waals surface area (Å²) in [5.74, 6) is 0. The molecule has 0 saturated heterocycles. The Bertz CT molecular complexity index is 229. The summed E-state index contributed by atoms with van der Waals surface area (Å²) in [6.45, 7) is 5.14. The second kappa shape index (κ2) is 5.13. The van der Waals surface area contributed by atoms with Crippen molar-refractivity contribution in [1.82, 2.24) is 5.32 Å². The first-order valence-electron chi connectivity index (χ1n) is 6.29. The zero-order valence-electron chi connectivity index (χ0n) is 9.85. The predicted molar refractivity (Wildman–Crippen MR) is 63.0 cm³/mol. The van der Waals surface area contributed by atoms with E-state index in [2.05, 4.69) is 18.3 Å². The van der Waals surface area contributed by atoms with Crippen molar-refractivity contribution in [3.63, 3.8) is 0 Å². The van der Waals surface area contributed by atoms with Crippen molar-refractivity contribution in [2.45, 2.75) is 51.0 Å². The highest BCUT2D eigenvalue weighted by Crippen LogP contribution is 2.27. The number of hydrogen-bond acceptors (Lipinski definition) is 2. The lowest BCUT2D eigenvalue weighted by Crippen LogP contribution is -2.45. The van der Waals surface area contributed by atoms with Gasteiger partial charge in [0.05, 0.1) is 13.2 Å². The van der Waals surface area contributed by atoms with Crippen molar-refractivity contribution in [3.8, 4) is 0 Å². The van der Waals surface area contributed by atoms with E-state index in [1.807, 2.05) is 0 Å². The molecule has 1 aliphatic carbocycles. The van der Waals surface area contributed by atoms with Crippen molar-refractivity contribution in [1.29, 1.82) is 0 Å². The zero-order valence-corrected chi connectivity index (χ0v) is 9.85. The Balaban J connectivity index is 1.78. The Hall–Kier alpha value is -0.340. The van der Waals surface area contributed by atoms with Gasteiger partial charge in [0, 0.05) is 12.1 Å². The molecule has 2 nitrogen and oxygen atoms in total. The van der Waals surface area contributed by atoms with Gasteiger partial charge < -0.3 is 10.1 Å². The standard InChI is InChI=1S/C13H23NO/c1-13(7-3-2-4-8-13)14-10-12-6-5-9-15-11-12/h6,14H,2-5,7-11H2,1H3. The van der Waals surface area contributed by atoms with Gasteiger partial charge in [0.25, 0.3) is 0 Å². The van der Waals surface area contributed by atoms with Gasteiger partial charge in [-0.3, -0.25) is 0 Å². The van der Waals surface area contributed by atoms with Crippen LogP contribution in [0.4, 0.5) is 0 Å². The molecule has 15 heavy (non-hydrogen) atoms. The molecule has 0 amide bonds. The van der Waals surface area contributed by atoms with Crippen LogP contribution in [0.1, 0.15) is 45.4 Å². The molecule has 0 spiro atoms. The average Bonchev–Trinajstić information content (AvgIpc) is 2.29. The maximum Gasteiger partial charge on any atom is 0.0689 e. The number of rotatable bonds is 3. The van der Waals surface area contributed by atoms with Gasteiger partial charge >= 0.3 is 0 Å². The maximum atomic E-state index is 5.45. The number of ether oxygens (including phenoxy) is 1. The van der Waals surface area contributed by atoms with Crippen molar-refractivity contribution in [3.05, 3.63) is 11.6 Å². The van der Waals surface area contributed by atoms with Crippen LogP contribution in [0.15, 0.2) is 11.6 Å². The molecule has 0 bridgehead atoms. The highest BCUT2D eigenvalue weighted by molar-refractivity contribution is 5.08. The highest BCUT2D eigenvalue weighted by Gasteiger charge is 2.25. The molecule has 0 aromatic carbocycles. The topological polar surface area (TPSA) is 21.3 Å². The molecular formula is C13H23NO. The Morgan fingerprint density at radius 2 is 2.13 bits per heavy atom. The summed E-state index contributed by atoms with van der Waals surface area (Å²) in [7, 11) is 0. The summed E-state index contributed by atoms with van der Waals surface area (Å²) in [4.78, 5) is 0. The van der Waals surface area contributed by atoms with Crippen LogP contribution in [-0.4, -0.2) is 25.3 Å². The lowest BCUT2D eigenvalue weighted by atomic mass is 9.83. The van der Waals surface area contributed by atoms with E-state index in [0.717, 1.165) is 26.2 Å². The quantitative estimate of drug-likeness (QED) is 0.721. The summed E-state index contributed by atoms with van der Waals surface area (Å²) >= 11 is 0. The fourth-order valence-electron chi connectivity index (χ4n) is 2.57. The van der Waals surface area contributed by atoms with Gasteiger partial charge in [0.15, 0.2) is 0 Å². The van der Waals surface area contributed by atoms with E-state index in [4.69, 9.17) is 4.74 Å². The van der Waals surface area contributed by atoms with Crippen molar-refractivity contribution in [2.75, 3.05) is 19.8 Å². The molecule has 1 fully saturated rings. The van der Waals surface area contributed by atoms with Gasteiger partial charge in [-0.05, 0) is 31.8 Å². The SMILES string of the molecule is CC1(NCC2=CCCOC2)CCCCC1.